The van der Waals surface area contributed by atoms with Crippen molar-refractivity contribution in [3.8, 4) is 0 Å². The molecule has 1 aromatic rings. The molecule has 1 N–H and O–H groups in total. The lowest BCUT2D eigenvalue weighted by Crippen LogP contribution is -2.45. The summed E-state index contributed by atoms with van der Waals surface area (Å²) in [6.45, 7) is 7.45. The van der Waals surface area contributed by atoms with Crippen LogP contribution in [-0.2, 0) is 9.53 Å². The van der Waals surface area contributed by atoms with Crippen molar-refractivity contribution < 1.29 is 19.4 Å². The highest BCUT2D eigenvalue weighted by Gasteiger charge is 2.45. The second-order valence-corrected chi connectivity index (χ2v) is 6.71. The van der Waals surface area contributed by atoms with Crippen LogP contribution < -0.4 is 0 Å². The van der Waals surface area contributed by atoms with Crippen molar-refractivity contribution in [2.45, 2.75) is 58.8 Å². The van der Waals surface area contributed by atoms with Gasteiger partial charge in [0.05, 0.1) is 18.1 Å². The van der Waals surface area contributed by atoms with E-state index < -0.39 is 30.3 Å². The number of rotatable bonds is 6. The molecule has 0 aliphatic carbocycles. The number of carbonyl (C=O) groups is 2. The van der Waals surface area contributed by atoms with E-state index in [1.807, 2.05) is 44.2 Å². The zero-order valence-electron chi connectivity index (χ0n) is 14.8. The Balaban J connectivity index is 2.13. The molecule has 24 heavy (non-hydrogen) atoms. The van der Waals surface area contributed by atoms with Crippen molar-refractivity contribution in [3.05, 3.63) is 35.9 Å². The SMILES string of the molecule is CCCC(C)C(O)C(C)C(=O)N1C(=O)OC(c2ccccc2)C1C. The first-order valence-corrected chi connectivity index (χ1v) is 8.65. The van der Waals surface area contributed by atoms with Gasteiger partial charge in [-0.2, -0.15) is 0 Å². The predicted octanol–water partition coefficient (Wildman–Crippen LogP) is 3.53. The molecule has 0 saturated carbocycles. The fraction of sp³-hybridized carbons (Fsp3) is 0.579. The second kappa shape index (κ2) is 7.79. The molecule has 5 atom stereocenters. The van der Waals surface area contributed by atoms with Crippen molar-refractivity contribution in [2.24, 2.45) is 11.8 Å². The van der Waals surface area contributed by atoms with Crippen molar-refractivity contribution in [1.82, 2.24) is 4.90 Å². The summed E-state index contributed by atoms with van der Waals surface area (Å²) < 4.78 is 5.42. The highest BCUT2D eigenvalue weighted by molar-refractivity contribution is 5.95. The molecule has 1 heterocycles. The van der Waals surface area contributed by atoms with Gasteiger partial charge in [0.25, 0.3) is 0 Å². The van der Waals surface area contributed by atoms with E-state index in [0.717, 1.165) is 23.3 Å². The van der Waals surface area contributed by atoms with Gasteiger partial charge in [0.1, 0.15) is 6.10 Å². The summed E-state index contributed by atoms with van der Waals surface area (Å²) in [5.74, 6) is -1.01. The number of imide groups is 1. The molecule has 1 aromatic carbocycles. The fourth-order valence-electron chi connectivity index (χ4n) is 3.33. The maximum Gasteiger partial charge on any atom is 0.417 e. The fourth-order valence-corrected chi connectivity index (χ4v) is 3.33. The van der Waals surface area contributed by atoms with Crippen molar-refractivity contribution >= 4 is 12.0 Å². The molecule has 1 aliphatic rings. The monoisotopic (exact) mass is 333 g/mol. The second-order valence-electron chi connectivity index (χ2n) is 6.71. The number of ether oxygens (including phenoxy) is 1. The first-order valence-electron chi connectivity index (χ1n) is 8.65. The average molecular weight is 333 g/mol. The van der Waals surface area contributed by atoms with Crippen LogP contribution in [0, 0.1) is 11.8 Å². The van der Waals surface area contributed by atoms with Crippen LogP contribution in [0.5, 0.6) is 0 Å². The number of hydrogen-bond donors (Lipinski definition) is 1. The maximum absolute atomic E-state index is 12.8. The number of nitrogens with zero attached hydrogens (tertiary/aromatic N) is 1. The van der Waals surface area contributed by atoms with Gasteiger partial charge in [-0.3, -0.25) is 4.79 Å². The molecule has 0 spiro atoms. The molecular weight excluding hydrogens is 306 g/mol. The van der Waals surface area contributed by atoms with E-state index in [2.05, 4.69) is 0 Å². The van der Waals surface area contributed by atoms with Crippen LogP contribution in [0.1, 0.15) is 52.2 Å². The summed E-state index contributed by atoms with van der Waals surface area (Å²) in [6, 6.07) is 9.00. The quantitative estimate of drug-likeness (QED) is 0.865. The molecule has 0 radical (unpaired) electrons. The smallest absolute Gasteiger partial charge is 0.417 e. The van der Waals surface area contributed by atoms with Crippen LogP contribution in [-0.4, -0.2) is 34.2 Å². The third-order valence-corrected chi connectivity index (χ3v) is 4.86. The lowest BCUT2D eigenvalue weighted by Gasteiger charge is -2.28. The summed E-state index contributed by atoms with van der Waals surface area (Å²) in [5, 5.41) is 10.4. The van der Waals surface area contributed by atoms with E-state index in [1.54, 1.807) is 13.8 Å². The lowest BCUT2D eigenvalue weighted by atomic mass is 9.89. The number of amides is 2. The Bertz CT molecular complexity index is 574. The van der Waals surface area contributed by atoms with Crippen molar-refractivity contribution in [3.63, 3.8) is 0 Å². The number of hydrogen-bond acceptors (Lipinski definition) is 4. The van der Waals surface area contributed by atoms with Gasteiger partial charge >= 0.3 is 6.09 Å². The minimum atomic E-state index is -0.770. The molecule has 2 amide bonds. The topological polar surface area (TPSA) is 66.8 Å². The van der Waals surface area contributed by atoms with E-state index in [-0.39, 0.29) is 11.8 Å². The van der Waals surface area contributed by atoms with Gasteiger partial charge in [0.2, 0.25) is 5.91 Å². The molecule has 2 rings (SSSR count). The van der Waals surface area contributed by atoms with Crippen molar-refractivity contribution in [1.29, 1.82) is 0 Å². The first-order chi connectivity index (χ1) is 11.4. The van der Waals surface area contributed by atoms with Crippen LogP contribution in [0.25, 0.3) is 0 Å². The van der Waals surface area contributed by atoms with E-state index in [0.29, 0.717) is 0 Å². The molecule has 5 heteroatoms. The number of cyclic esters (lactones) is 1. The van der Waals surface area contributed by atoms with Crippen LogP contribution >= 0.6 is 0 Å². The Kier molecular flexibility index (Phi) is 5.99. The Hall–Kier alpha value is -1.88. The van der Waals surface area contributed by atoms with Crippen LogP contribution in [0.15, 0.2) is 30.3 Å². The standard InChI is InChI=1S/C19H27NO4/c1-5-9-12(2)16(21)13(3)18(22)20-14(4)17(24-19(20)23)15-10-7-6-8-11-15/h6-8,10-14,16-17,21H,5,9H2,1-4H3. The van der Waals surface area contributed by atoms with Crippen LogP contribution in [0.4, 0.5) is 4.79 Å². The van der Waals surface area contributed by atoms with E-state index in [9.17, 15) is 14.7 Å². The number of aliphatic hydroxyl groups is 1. The predicted molar refractivity (Wildman–Crippen MR) is 91.2 cm³/mol. The van der Waals surface area contributed by atoms with Gasteiger partial charge in [0.15, 0.2) is 0 Å². The molecule has 1 fully saturated rings. The van der Waals surface area contributed by atoms with Gasteiger partial charge in [-0.25, -0.2) is 9.69 Å². The largest absolute Gasteiger partial charge is 0.439 e. The van der Waals surface area contributed by atoms with Gasteiger partial charge in [0, 0.05) is 0 Å². The van der Waals surface area contributed by atoms with Crippen LogP contribution in [0.3, 0.4) is 0 Å². The van der Waals surface area contributed by atoms with E-state index in [4.69, 9.17) is 4.74 Å². The zero-order chi connectivity index (χ0) is 17.9. The summed E-state index contributed by atoms with van der Waals surface area (Å²) in [7, 11) is 0. The number of benzene rings is 1. The Morgan fingerprint density at radius 1 is 1.29 bits per heavy atom. The molecule has 5 nitrogen and oxygen atoms in total. The molecule has 0 bridgehead atoms. The van der Waals surface area contributed by atoms with Crippen LogP contribution in [0.2, 0.25) is 0 Å². The van der Waals surface area contributed by atoms with E-state index in [1.165, 1.54) is 0 Å². The third kappa shape index (κ3) is 3.61. The summed E-state index contributed by atoms with van der Waals surface area (Å²) in [4.78, 5) is 26.1. The van der Waals surface area contributed by atoms with Gasteiger partial charge in [-0.1, -0.05) is 57.5 Å². The summed E-state index contributed by atoms with van der Waals surface area (Å²) in [6.07, 6.45) is -0.0974. The third-order valence-electron chi connectivity index (χ3n) is 4.86. The minimum Gasteiger partial charge on any atom is -0.439 e. The van der Waals surface area contributed by atoms with E-state index >= 15 is 0 Å². The minimum absolute atomic E-state index is 0.00722. The zero-order valence-corrected chi connectivity index (χ0v) is 14.8. The van der Waals surface area contributed by atoms with Crippen molar-refractivity contribution in [2.75, 3.05) is 0 Å². The average Bonchev–Trinajstić information content (AvgIpc) is 2.88. The Labute approximate surface area is 143 Å². The first kappa shape index (κ1) is 18.5. The van der Waals surface area contributed by atoms with Gasteiger partial charge in [-0.05, 0) is 24.8 Å². The molecule has 0 aromatic heterocycles. The number of carbonyl (C=O) groups excluding carboxylic acids is 2. The molecular formula is C19H27NO4. The molecule has 132 valence electrons. The van der Waals surface area contributed by atoms with Gasteiger partial charge in [-0.15, -0.1) is 0 Å². The number of aliphatic hydroxyl groups excluding tert-OH is 1. The van der Waals surface area contributed by atoms with Gasteiger partial charge < -0.3 is 9.84 Å². The molecule has 1 saturated heterocycles. The Morgan fingerprint density at radius 3 is 2.50 bits per heavy atom. The Morgan fingerprint density at radius 2 is 1.92 bits per heavy atom. The summed E-state index contributed by atoms with van der Waals surface area (Å²) in [5.41, 5.74) is 0.862. The highest BCUT2D eigenvalue weighted by atomic mass is 16.6. The maximum atomic E-state index is 12.8. The molecule has 1 aliphatic heterocycles. The summed E-state index contributed by atoms with van der Waals surface area (Å²) >= 11 is 0. The lowest BCUT2D eigenvalue weighted by molar-refractivity contribution is -0.137. The normalized spacial score (nSPS) is 24.4. The highest BCUT2D eigenvalue weighted by Crippen LogP contribution is 2.34. The molecule has 5 unspecified atom stereocenters.